The first-order valence-electron chi connectivity index (χ1n) is 10.4. The molecular weight excluding hydrogens is 374 g/mol. The third-order valence-corrected chi connectivity index (χ3v) is 5.80. The predicted octanol–water partition coefficient (Wildman–Crippen LogP) is 4.41. The first-order valence-corrected chi connectivity index (χ1v) is 10.4. The molecule has 2 aromatic carbocycles. The fourth-order valence-corrected chi connectivity index (χ4v) is 4.26. The Bertz CT molecular complexity index is 1110. The lowest BCUT2D eigenvalue weighted by atomic mass is 9.96. The van der Waals surface area contributed by atoms with Gasteiger partial charge in [-0.1, -0.05) is 30.3 Å². The molecule has 152 valence electrons. The largest absolute Gasteiger partial charge is 0.355 e. The lowest BCUT2D eigenvalue weighted by Gasteiger charge is -2.31. The maximum atomic E-state index is 12.9. The summed E-state index contributed by atoms with van der Waals surface area (Å²) < 4.78 is 0. The van der Waals surface area contributed by atoms with Gasteiger partial charge >= 0.3 is 0 Å². The molecule has 6 heteroatoms. The van der Waals surface area contributed by atoms with Gasteiger partial charge in [0.2, 0.25) is 5.91 Å². The Kier molecular flexibility index (Phi) is 5.07. The summed E-state index contributed by atoms with van der Waals surface area (Å²) in [6.45, 7) is 2.59. The molecule has 0 bridgehead atoms. The molecule has 0 aliphatic carbocycles. The molecule has 1 fully saturated rings. The van der Waals surface area contributed by atoms with E-state index in [0.29, 0.717) is 0 Å². The van der Waals surface area contributed by atoms with Gasteiger partial charge in [-0.3, -0.25) is 14.8 Å². The molecule has 3 N–H and O–H groups in total. The highest BCUT2D eigenvalue weighted by Gasteiger charge is 2.26. The molecule has 0 saturated carbocycles. The fourth-order valence-electron chi connectivity index (χ4n) is 4.26. The highest BCUT2D eigenvalue weighted by atomic mass is 16.1. The van der Waals surface area contributed by atoms with Crippen LogP contribution in [0, 0.1) is 5.92 Å². The summed E-state index contributed by atoms with van der Waals surface area (Å²) in [5.74, 6) is 0.0940. The number of para-hydroxylation sites is 1. The van der Waals surface area contributed by atoms with E-state index < -0.39 is 0 Å². The SMILES string of the molecule is O=C(Nc1cccc(-c2cc3ccccc3[nH]2)c1)[C@H]1CCCN(Cc2ccn[nH]2)C1. The maximum absolute atomic E-state index is 12.9. The number of carbonyl (C=O) groups excluding carboxylic acids is 1. The highest BCUT2D eigenvalue weighted by Crippen LogP contribution is 2.27. The number of nitrogens with one attached hydrogen (secondary N) is 3. The van der Waals surface area contributed by atoms with E-state index in [-0.39, 0.29) is 11.8 Å². The zero-order valence-electron chi connectivity index (χ0n) is 16.8. The minimum absolute atomic E-state index is 0.00148. The van der Waals surface area contributed by atoms with E-state index in [4.69, 9.17) is 0 Å². The van der Waals surface area contributed by atoms with Crippen molar-refractivity contribution in [3.63, 3.8) is 0 Å². The highest BCUT2D eigenvalue weighted by molar-refractivity contribution is 5.94. The van der Waals surface area contributed by atoms with Gasteiger partial charge in [0.05, 0.1) is 5.92 Å². The van der Waals surface area contributed by atoms with E-state index >= 15 is 0 Å². The van der Waals surface area contributed by atoms with Crippen LogP contribution in [0.3, 0.4) is 0 Å². The number of hydrogen-bond acceptors (Lipinski definition) is 3. The predicted molar refractivity (Wildman–Crippen MR) is 119 cm³/mol. The molecule has 6 nitrogen and oxygen atoms in total. The van der Waals surface area contributed by atoms with E-state index in [2.05, 4.69) is 49.7 Å². The summed E-state index contributed by atoms with van der Waals surface area (Å²) in [5.41, 5.74) is 5.15. The average molecular weight is 399 g/mol. The van der Waals surface area contributed by atoms with E-state index in [1.165, 1.54) is 5.39 Å². The Hall–Kier alpha value is -3.38. The molecule has 1 saturated heterocycles. The molecule has 1 atom stereocenters. The molecule has 0 radical (unpaired) electrons. The second-order valence-electron chi connectivity index (χ2n) is 8.00. The van der Waals surface area contributed by atoms with Crippen molar-refractivity contribution in [3.05, 3.63) is 72.6 Å². The number of rotatable bonds is 5. The maximum Gasteiger partial charge on any atom is 0.228 e. The lowest BCUT2D eigenvalue weighted by Crippen LogP contribution is -2.40. The van der Waals surface area contributed by atoms with Crippen molar-refractivity contribution in [1.82, 2.24) is 20.1 Å². The third kappa shape index (κ3) is 4.00. The van der Waals surface area contributed by atoms with Crippen LogP contribution in [0.2, 0.25) is 0 Å². The molecule has 2 aromatic heterocycles. The summed E-state index contributed by atoms with van der Waals surface area (Å²) in [6, 6.07) is 20.4. The lowest BCUT2D eigenvalue weighted by molar-refractivity contribution is -0.121. The number of benzene rings is 2. The number of piperidine rings is 1. The number of hydrogen-bond donors (Lipinski definition) is 3. The molecule has 3 heterocycles. The number of likely N-dealkylation sites (tertiary alicyclic amines) is 1. The summed E-state index contributed by atoms with van der Waals surface area (Å²) in [7, 11) is 0. The van der Waals surface area contributed by atoms with Crippen molar-refractivity contribution in [2.24, 2.45) is 5.92 Å². The number of H-pyrrole nitrogens is 2. The Morgan fingerprint density at radius 3 is 2.93 bits per heavy atom. The van der Waals surface area contributed by atoms with Crippen molar-refractivity contribution in [1.29, 1.82) is 0 Å². The summed E-state index contributed by atoms with van der Waals surface area (Å²) in [4.78, 5) is 18.7. The summed E-state index contributed by atoms with van der Waals surface area (Å²) in [5, 5.41) is 11.3. The van der Waals surface area contributed by atoms with Crippen molar-refractivity contribution in [3.8, 4) is 11.3 Å². The quantitative estimate of drug-likeness (QED) is 0.465. The normalized spacial score (nSPS) is 17.3. The number of anilines is 1. The molecule has 30 heavy (non-hydrogen) atoms. The smallest absolute Gasteiger partial charge is 0.228 e. The molecule has 0 spiro atoms. The monoisotopic (exact) mass is 399 g/mol. The van der Waals surface area contributed by atoms with Gasteiger partial charge < -0.3 is 10.3 Å². The van der Waals surface area contributed by atoms with Crippen LogP contribution >= 0.6 is 0 Å². The fraction of sp³-hybridized carbons (Fsp3) is 0.250. The Morgan fingerprint density at radius 1 is 1.13 bits per heavy atom. The van der Waals surface area contributed by atoms with E-state index in [9.17, 15) is 4.79 Å². The molecular formula is C24H25N5O. The van der Waals surface area contributed by atoms with Gasteiger partial charge in [-0.05, 0) is 49.7 Å². The Morgan fingerprint density at radius 2 is 2.07 bits per heavy atom. The van der Waals surface area contributed by atoms with Crippen LogP contribution < -0.4 is 5.32 Å². The molecule has 4 aromatic rings. The van der Waals surface area contributed by atoms with Crippen molar-refractivity contribution < 1.29 is 4.79 Å². The molecule has 1 aliphatic rings. The molecule has 1 aliphatic heterocycles. The number of nitrogens with zero attached hydrogens (tertiary/aromatic N) is 2. The van der Waals surface area contributed by atoms with Crippen molar-refractivity contribution >= 4 is 22.5 Å². The zero-order chi connectivity index (χ0) is 20.3. The van der Waals surface area contributed by atoms with Gasteiger partial charge in [0, 0.05) is 52.8 Å². The minimum Gasteiger partial charge on any atom is -0.355 e. The van der Waals surface area contributed by atoms with Gasteiger partial charge in [0.25, 0.3) is 0 Å². The van der Waals surface area contributed by atoms with Crippen LogP contribution in [-0.2, 0) is 11.3 Å². The van der Waals surface area contributed by atoms with Crippen LogP contribution in [0.25, 0.3) is 22.2 Å². The Labute approximate surface area is 175 Å². The third-order valence-electron chi connectivity index (χ3n) is 5.80. The van der Waals surface area contributed by atoms with Crippen LogP contribution in [0.5, 0.6) is 0 Å². The number of aromatic nitrogens is 3. The first-order chi connectivity index (χ1) is 14.7. The first kappa shape index (κ1) is 18.6. The summed E-state index contributed by atoms with van der Waals surface area (Å²) >= 11 is 0. The van der Waals surface area contributed by atoms with Gasteiger partial charge in [-0.15, -0.1) is 0 Å². The number of carbonyl (C=O) groups is 1. The second-order valence-corrected chi connectivity index (χ2v) is 8.00. The molecule has 0 unspecified atom stereocenters. The van der Waals surface area contributed by atoms with Crippen molar-refractivity contribution in [2.75, 3.05) is 18.4 Å². The van der Waals surface area contributed by atoms with Crippen LogP contribution in [0.4, 0.5) is 5.69 Å². The van der Waals surface area contributed by atoms with Gasteiger partial charge in [0.1, 0.15) is 0 Å². The molecule has 1 amide bonds. The molecule has 5 rings (SSSR count). The number of aromatic amines is 2. The number of amides is 1. The van der Waals surface area contributed by atoms with Crippen LogP contribution in [-0.4, -0.2) is 39.1 Å². The van der Waals surface area contributed by atoms with Gasteiger partial charge in [-0.25, -0.2) is 0 Å². The van der Waals surface area contributed by atoms with E-state index in [1.807, 2.05) is 36.4 Å². The van der Waals surface area contributed by atoms with Gasteiger partial charge in [0.15, 0.2) is 0 Å². The number of fused-ring (bicyclic) bond motifs is 1. The van der Waals surface area contributed by atoms with E-state index in [1.54, 1.807) is 6.20 Å². The van der Waals surface area contributed by atoms with E-state index in [0.717, 1.165) is 60.6 Å². The standard InChI is InChI=1S/C24H25N5O/c30-24(19-7-4-12-29(15-19)16-21-10-11-25-28-21)26-20-8-3-6-17(13-20)23-14-18-5-1-2-9-22(18)27-23/h1-3,5-6,8-11,13-14,19,27H,4,7,12,15-16H2,(H,25,28)(H,26,30)/t19-/m0/s1. The topological polar surface area (TPSA) is 76.8 Å². The van der Waals surface area contributed by atoms with Gasteiger partial charge in [-0.2, -0.15) is 5.10 Å². The zero-order valence-corrected chi connectivity index (χ0v) is 16.8. The van der Waals surface area contributed by atoms with Crippen molar-refractivity contribution in [2.45, 2.75) is 19.4 Å². The average Bonchev–Trinajstić information content (AvgIpc) is 3.44. The minimum atomic E-state index is -0.00148. The summed E-state index contributed by atoms with van der Waals surface area (Å²) in [6.07, 6.45) is 3.72. The Balaban J connectivity index is 1.27. The second kappa shape index (κ2) is 8.16. The van der Waals surface area contributed by atoms with Crippen LogP contribution in [0.15, 0.2) is 66.9 Å². The van der Waals surface area contributed by atoms with Crippen LogP contribution in [0.1, 0.15) is 18.5 Å².